The van der Waals surface area contributed by atoms with Crippen LogP contribution in [0.15, 0.2) is 18.2 Å². The van der Waals surface area contributed by atoms with Crippen molar-refractivity contribution in [2.45, 2.75) is 57.0 Å². The van der Waals surface area contributed by atoms with Crippen molar-refractivity contribution in [3.05, 3.63) is 18.2 Å². The molecule has 3 heteroatoms. The van der Waals surface area contributed by atoms with Crippen molar-refractivity contribution in [2.75, 3.05) is 22.9 Å². The van der Waals surface area contributed by atoms with Crippen LogP contribution in [0.5, 0.6) is 5.75 Å². The van der Waals surface area contributed by atoms with Gasteiger partial charge in [0.2, 0.25) is 0 Å². The maximum absolute atomic E-state index is 10.2. The van der Waals surface area contributed by atoms with Gasteiger partial charge in [0.1, 0.15) is 5.75 Å². The van der Waals surface area contributed by atoms with E-state index in [1.165, 1.54) is 50.6 Å². The number of benzene rings is 1. The van der Waals surface area contributed by atoms with Crippen LogP contribution >= 0.6 is 0 Å². The molecule has 3 fully saturated rings. The smallest absolute Gasteiger partial charge is 0.139 e. The fourth-order valence-corrected chi connectivity index (χ4v) is 4.39. The molecule has 0 spiro atoms. The maximum atomic E-state index is 10.2. The summed E-state index contributed by atoms with van der Waals surface area (Å²) in [4.78, 5) is 4.98. The molecule has 0 unspecified atom stereocenters. The number of phenolic OH excluding ortho intramolecular Hbond substituents is 1. The first kappa shape index (κ1) is 12.4. The molecule has 3 saturated heterocycles. The zero-order chi connectivity index (χ0) is 13.5. The van der Waals surface area contributed by atoms with E-state index in [1.54, 1.807) is 0 Å². The van der Waals surface area contributed by atoms with Gasteiger partial charge in [-0.2, -0.15) is 0 Å². The van der Waals surface area contributed by atoms with E-state index >= 15 is 0 Å². The minimum Gasteiger partial charge on any atom is -0.506 e. The molecule has 3 aliphatic heterocycles. The van der Waals surface area contributed by atoms with E-state index in [9.17, 15) is 5.11 Å². The van der Waals surface area contributed by atoms with E-state index in [4.69, 9.17) is 0 Å². The van der Waals surface area contributed by atoms with Crippen molar-refractivity contribution in [1.82, 2.24) is 0 Å². The van der Waals surface area contributed by atoms with Crippen molar-refractivity contribution in [3.8, 4) is 5.75 Å². The molecule has 1 N–H and O–H groups in total. The van der Waals surface area contributed by atoms with Gasteiger partial charge in [-0.25, -0.2) is 0 Å². The summed E-state index contributed by atoms with van der Waals surface area (Å²) in [6.45, 7) is 2.17. The second kappa shape index (κ2) is 4.87. The molecule has 0 radical (unpaired) electrons. The minimum atomic E-state index is 0.446. The van der Waals surface area contributed by atoms with Crippen molar-refractivity contribution < 1.29 is 5.11 Å². The van der Waals surface area contributed by atoms with E-state index in [1.807, 2.05) is 6.07 Å². The summed E-state index contributed by atoms with van der Waals surface area (Å²) in [6.07, 6.45) is 9.23. The molecule has 2 bridgehead atoms. The van der Waals surface area contributed by atoms with Gasteiger partial charge >= 0.3 is 0 Å². The summed E-state index contributed by atoms with van der Waals surface area (Å²) in [6, 6.07) is 7.74. The molecule has 20 heavy (non-hydrogen) atoms. The van der Waals surface area contributed by atoms with Crippen molar-refractivity contribution in [1.29, 1.82) is 0 Å². The Kier molecular flexibility index (Phi) is 3.01. The summed E-state index contributed by atoms with van der Waals surface area (Å²) in [5.74, 6) is 0.446. The number of phenols is 1. The lowest BCUT2D eigenvalue weighted by Gasteiger charge is -2.31. The molecule has 3 aliphatic rings. The quantitative estimate of drug-likeness (QED) is 0.892. The molecular formula is C17H24N2O. The fraction of sp³-hybridized carbons (Fsp3) is 0.647. The van der Waals surface area contributed by atoms with Crippen molar-refractivity contribution >= 4 is 11.4 Å². The Morgan fingerprint density at radius 3 is 2.20 bits per heavy atom. The van der Waals surface area contributed by atoms with Crippen molar-refractivity contribution in [2.24, 2.45) is 0 Å². The monoisotopic (exact) mass is 272 g/mol. The maximum Gasteiger partial charge on any atom is 0.139 e. The number of fused-ring (bicyclic) bond motifs is 2. The standard InChI is InChI=1S/C17H24N2O/c20-17-9-8-15(19-13-4-5-14(19)7-6-13)12-16(17)18-10-2-1-3-11-18/h8-9,12-14,20H,1-7,10-11H2. The first-order valence-electron chi connectivity index (χ1n) is 8.19. The summed E-state index contributed by atoms with van der Waals surface area (Å²) in [5.41, 5.74) is 2.38. The van der Waals surface area contributed by atoms with Crippen LogP contribution < -0.4 is 9.80 Å². The van der Waals surface area contributed by atoms with Gasteiger partial charge in [0.05, 0.1) is 5.69 Å². The molecular weight excluding hydrogens is 248 g/mol. The van der Waals surface area contributed by atoms with Crippen LogP contribution in [0.25, 0.3) is 0 Å². The van der Waals surface area contributed by atoms with E-state index in [-0.39, 0.29) is 0 Å². The largest absolute Gasteiger partial charge is 0.506 e. The predicted molar refractivity (Wildman–Crippen MR) is 82.7 cm³/mol. The highest BCUT2D eigenvalue weighted by atomic mass is 16.3. The zero-order valence-electron chi connectivity index (χ0n) is 12.1. The predicted octanol–water partition coefficient (Wildman–Crippen LogP) is 3.51. The lowest BCUT2D eigenvalue weighted by atomic mass is 10.0. The Labute approximate surface area is 121 Å². The van der Waals surface area contributed by atoms with Gasteiger partial charge in [0.15, 0.2) is 0 Å². The van der Waals surface area contributed by atoms with Crippen LogP contribution in [0.4, 0.5) is 11.4 Å². The van der Waals surface area contributed by atoms with Gasteiger partial charge < -0.3 is 14.9 Å². The second-order valence-corrected chi connectivity index (χ2v) is 6.59. The summed E-state index contributed by atoms with van der Waals surface area (Å²) in [7, 11) is 0. The number of nitrogens with zero attached hydrogens (tertiary/aromatic N) is 2. The van der Waals surface area contributed by atoms with Gasteiger partial charge in [0.25, 0.3) is 0 Å². The number of piperidine rings is 1. The van der Waals surface area contributed by atoms with Crippen LogP contribution in [0, 0.1) is 0 Å². The number of aromatic hydroxyl groups is 1. The molecule has 3 nitrogen and oxygen atoms in total. The van der Waals surface area contributed by atoms with Crippen LogP contribution in [0.2, 0.25) is 0 Å². The third-order valence-corrected chi connectivity index (χ3v) is 5.41. The summed E-state index contributed by atoms with van der Waals surface area (Å²) in [5, 5.41) is 10.2. The Balaban J connectivity index is 1.64. The molecule has 0 aromatic heterocycles. The Morgan fingerprint density at radius 1 is 0.900 bits per heavy atom. The third-order valence-electron chi connectivity index (χ3n) is 5.41. The zero-order valence-corrected chi connectivity index (χ0v) is 12.1. The molecule has 4 rings (SSSR count). The summed E-state index contributed by atoms with van der Waals surface area (Å²) < 4.78 is 0. The highest BCUT2D eigenvalue weighted by molar-refractivity contribution is 5.67. The first-order chi connectivity index (χ1) is 9.83. The normalized spacial score (nSPS) is 29.2. The van der Waals surface area contributed by atoms with Crippen molar-refractivity contribution in [3.63, 3.8) is 0 Å². The minimum absolute atomic E-state index is 0.446. The van der Waals surface area contributed by atoms with E-state index in [0.717, 1.165) is 30.9 Å². The first-order valence-corrected chi connectivity index (χ1v) is 8.19. The average molecular weight is 272 g/mol. The molecule has 0 amide bonds. The lowest BCUT2D eigenvalue weighted by molar-refractivity contribution is 0.469. The molecule has 3 heterocycles. The van der Waals surface area contributed by atoms with Gasteiger partial charge in [-0.15, -0.1) is 0 Å². The van der Waals surface area contributed by atoms with E-state index in [2.05, 4.69) is 21.9 Å². The number of hydrogen-bond donors (Lipinski definition) is 1. The molecule has 0 saturated carbocycles. The van der Waals surface area contributed by atoms with Gasteiger partial charge in [-0.3, -0.25) is 0 Å². The molecule has 0 atom stereocenters. The van der Waals surface area contributed by atoms with E-state index in [0.29, 0.717) is 5.75 Å². The molecule has 0 aliphatic carbocycles. The SMILES string of the molecule is Oc1ccc(N2C3CCC2CC3)cc1N1CCCCC1. The highest BCUT2D eigenvalue weighted by Crippen LogP contribution is 2.43. The fourth-order valence-electron chi connectivity index (χ4n) is 4.39. The van der Waals surface area contributed by atoms with Crippen LogP contribution in [-0.4, -0.2) is 30.3 Å². The molecule has 1 aromatic carbocycles. The van der Waals surface area contributed by atoms with Crippen LogP contribution in [0.1, 0.15) is 44.9 Å². The van der Waals surface area contributed by atoms with Gasteiger partial charge in [-0.1, -0.05) is 0 Å². The third kappa shape index (κ3) is 1.95. The molecule has 1 aromatic rings. The Hall–Kier alpha value is -1.38. The summed E-state index contributed by atoms with van der Waals surface area (Å²) >= 11 is 0. The van der Waals surface area contributed by atoms with Crippen LogP contribution in [0.3, 0.4) is 0 Å². The van der Waals surface area contributed by atoms with Gasteiger partial charge in [-0.05, 0) is 63.1 Å². The molecule has 108 valence electrons. The lowest BCUT2D eigenvalue weighted by Crippen LogP contribution is -2.31. The topological polar surface area (TPSA) is 26.7 Å². The second-order valence-electron chi connectivity index (χ2n) is 6.59. The number of hydrogen-bond acceptors (Lipinski definition) is 3. The Bertz CT molecular complexity index is 476. The van der Waals surface area contributed by atoms with Crippen LogP contribution in [-0.2, 0) is 0 Å². The number of anilines is 2. The van der Waals surface area contributed by atoms with E-state index < -0.39 is 0 Å². The highest BCUT2D eigenvalue weighted by Gasteiger charge is 2.39. The average Bonchev–Trinajstić information content (AvgIpc) is 3.09. The van der Waals surface area contributed by atoms with Gasteiger partial charge in [0, 0.05) is 30.9 Å². The Morgan fingerprint density at radius 2 is 1.55 bits per heavy atom. The number of rotatable bonds is 2.